The molecule has 0 aliphatic carbocycles. The topological polar surface area (TPSA) is 94.3 Å². The molecule has 128 valence electrons. The van der Waals surface area contributed by atoms with Crippen LogP contribution in [0.25, 0.3) is 0 Å². The summed E-state index contributed by atoms with van der Waals surface area (Å²) in [6.45, 7) is 5.70. The number of azo groups is 1. The first-order chi connectivity index (χ1) is 10.6. The van der Waals surface area contributed by atoms with Crippen LogP contribution in [0.15, 0.2) is 17.5 Å². The van der Waals surface area contributed by atoms with Crippen LogP contribution in [0.5, 0.6) is 0 Å². The third-order valence-electron chi connectivity index (χ3n) is 2.75. The molecular weight excluding hydrogens is 284 g/mol. The molecule has 1 unspecified atom stereocenters. The molecule has 8 nitrogen and oxygen atoms in total. The molecule has 1 fully saturated rings. The van der Waals surface area contributed by atoms with Gasteiger partial charge in [-0.2, -0.15) is 16.4 Å². The van der Waals surface area contributed by atoms with Crippen LogP contribution in [0, 0.1) is 0 Å². The third-order valence-corrected chi connectivity index (χ3v) is 2.75. The maximum absolute atomic E-state index is 5.40. The average molecular weight is 316 g/mol. The van der Waals surface area contributed by atoms with Crippen LogP contribution in [0.2, 0.25) is 0 Å². The molecule has 2 heterocycles. The van der Waals surface area contributed by atoms with Crippen molar-refractivity contribution in [1.82, 2.24) is 9.78 Å². The van der Waals surface area contributed by atoms with Crippen LogP contribution in [-0.4, -0.2) is 48.0 Å². The zero-order valence-corrected chi connectivity index (χ0v) is 14.5. The SMILES string of the molecule is CC.CO[NH2+]c1cnn(C)c1.C[N+](N)=NC1CCCOCC1. The number of nitrogens with zero attached hydrogens (tertiary/aromatic N) is 4. The Kier molecular flexibility index (Phi) is 12.3. The average Bonchev–Trinajstić information content (AvgIpc) is 2.75. The van der Waals surface area contributed by atoms with Crippen molar-refractivity contribution < 1.29 is 19.9 Å². The van der Waals surface area contributed by atoms with Gasteiger partial charge in [0, 0.05) is 20.3 Å². The first-order valence-electron chi connectivity index (χ1n) is 7.73. The Hall–Kier alpha value is -1.51. The fourth-order valence-electron chi connectivity index (χ4n) is 1.90. The van der Waals surface area contributed by atoms with E-state index in [0.29, 0.717) is 6.04 Å². The van der Waals surface area contributed by atoms with Gasteiger partial charge in [0.05, 0.1) is 13.3 Å². The smallest absolute Gasteiger partial charge is 0.200 e. The normalized spacial score (nSPS) is 18.4. The number of aryl methyl sites for hydroxylation is 1. The number of rotatable bonds is 3. The molecule has 0 spiro atoms. The van der Waals surface area contributed by atoms with E-state index in [1.807, 2.05) is 27.1 Å². The Morgan fingerprint density at radius 1 is 1.45 bits per heavy atom. The fourth-order valence-corrected chi connectivity index (χ4v) is 1.90. The zero-order chi connectivity index (χ0) is 16.8. The van der Waals surface area contributed by atoms with Crippen molar-refractivity contribution in [3.8, 4) is 0 Å². The molecule has 1 atom stereocenters. The number of hydrogen-bond acceptors (Lipinski definition) is 4. The molecule has 0 saturated carbocycles. The van der Waals surface area contributed by atoms with E-state index in [4.69, 9.17) is 15.4 Å². The van der Waals surface area contributed by atoms with E-state index >= 15 is 0 Å². The van der Waals surface area contributed by atoms with Crippen molar-refractivity contribution in [3.63, 3.8) is 0 Å². The summed E-state index contributed by atoms with van der Waals surface area (Å²) in [6.07, 6.45) is 6.82. The Labute approximate surface area is 133 Å². The highest BCUT2D eigenvalue weighted by atomic mass is 16.6. The summed E-state index contributed by atoms with van der Waals surface area (Å²) >= 11 is 0. The highest BCUT2D eigenvalue weighted by molar-refractivity contribution is 5.17. The number of hydrogen-bond donors (Lipinski definition) is 2. The van der Waals surface area contributed by atoms with Crippen LogP contribution < -0.4 is 11.3 Å². The number of nitrogens with two attached hydrogens (primary N) is 2. The van der Waals surface area contributed by atoms with Gasteiger partial charge in [-0.3, -0.25) is 4.68 Å². The summed E-state index contributed by atoms with van der Waals surface area (Å²) in [7, 11) is 5.24. The molecule has 0 bridgehead atoms. The van der Waals surface area contributed by atoms with E-state index in [-0.39, 0.29) is 0 Å². The summed E-state index contributed by atoms with van der Waals surface area (Å²) in [4.78, 5) is 6.16. The van der Waals surface area contributed by atoms with Gasteiger partial charge in [0.2, 0.25) is 0 Å². The van der Waals surface area contributed by atoms with Gasteiger partial charge in [0.1, 0.15) is 12.2 Å². The summed E-state index contributed by atoms with van der Waals surface area (Å²) in [5, 5.41) is 8.17. The second-order valence-electron chi connectivity index (χ2n) is 4.69. The molecule has 2 rings (SSSR count). The lowest BCUT2D eigenvalue weighted by Crippen LogP contribution is -2.75. The summed E-state index contributed by atoms with van der Waals surface area (Å²) in [5.74, 6) is 5.40. The van der Waals surface area contributed by atoms with E-state index in [0.717, 1.165) is 38.2 Å². The highest BCUT2D eigenvalue weighted by Crippen LogP contribution is 2.11. The third kappa shape index (κ3) is 10.3. The van der Waals surface area contributed by atoms with Crippen LogP contribution in [0.4, 0.5) is 5.69 Å². The van der Waals surface area contributed by atoms with Crippen LogP contribution in [0.3, 0.4) is 0 Å². The first-order valence-corrected chi connectivity index (χ1v) is 7.73. The monoisotopic (exact) mass is 316 g/mol. The van der Waals surface area contributed by atoms with E-state index in [1.54, 1.807) is 30.5 Å². The maximum Gasteiger partial charge on any atom is 0.200 e. The molecular formula is C14H32N6O2+2. The minimum Gasteiger partial charge on any atom is -0.381 e. The largest absolute Gasteiger partial charge is 0.381 e. The predicted molar refractivity (Wildman–Crippen MR) is 84.4 cm³/mol. The van der Waals surface area contributed by atoms with E-state index < -0.39 is 0 Å². The molecule has 1 aliphatic heterocycles. The van der Waals surface area contributed by atoms with Gasteiger partial charge >= 0.3 is 0 Å². The fraction of sp³-hybridized carbons (Fsp3) is 0.786. The molecule has 1 aliphatic rings. The van der Waals surface area contributed by atoms with Gasteiger partial charge in [0.15, 0.2) is 12.7 Å². The minimum absolute atomic E-state index is 0.368. The molecule has 1 saturated heterocycles. The zero-order valence-electron chi connectivity index (χ0n) is 14.5. The summed E-state index contributed by atoms with van der Waals surface area (Å²) in [6, 6.07) is 0.368. The number of aromatic nitrogens is 2. The highest BCUT2D eigenvalue weighted by Gasteiger charge is 2.14. The van der Waals surface area contributed by atoms with Gasteiger partial charge in [-0.05, 0) is 29.2 Å². The molecule has 1 aromatic rings. The molecule has 0 amide bonds. The van der Waals surface area contributed by atoms with Crippen LogP contribution in [-0.2, 0) is 16.6 Å². The Morgan fingerprint density at radius 2 is 2.18 bits per heavy atom. The first kappa shape index (κ1) is 20.5. The van der Waals surface area contributed by atoms with Crippen molar-refractivity contribution in [3.05, 3.63) is 12.4 Å². The molecule has 4 N–H and O–H groups in total. The van der Waals surface area contributed by atoms with Gasteiger partial charge in [-0.15, -0.1) is 0 Å². The lowest BCUT2D eigenvalue weighted by Gasteiger charge is -2.00. The second-order valence-corrected chi connectivity index (χ2v) is 4.69. The number of hydrazine groups is 1. The summed E-state index contributed by atoms with van der Waals surface area (Å²) in [5.41, 5.74) is 2.63. The quantitative estimate of drug-likeness (QED) is 0.372. The predicted octanol–water partition coefficient (Wildman–Crippen LogP) is 0.726. The van der Waals surface area contributed by atoms with E-state index in [1.165, 1.54) is 4.81 Å². The van der Waals surface area contributed by atoms with Gasteiger partial charge in [-0.25, -0.2) is 4.84 Å². The Bertz CT molecular complexity index is 396. The van der Waals surface area contributed by atoms with Gasteiger partial charge in [-0.1, -0.05) is 13.8 Å². The Morgan fingerprint density at radius 3 is 2.73 bits per heavy atom. The van der Waals surface area contributed by atoms with Crippen molar-refractivity contribution in [2.24, 2.45) is 18.0 Å². The summed E-state index contributed by atoms with van der Waals surface area (Å²) < 4.78 is 7.01. The van der Waals surface area contributed by atoms with Crippen molar-refractivity contribution >= 4 is 5.69 Å². The van der Waals surface area contributed by atoms with Gasteiger partial charge < -0.3 is 4.74 Å². The van der Waals surface area contributed by atoms with E-state index in [9.17, 15) is 0 Å². The molecule has 0 aromatic carbocycles. The van der Waals surface area contributed by atoms with Crippen LogP contribution in [0.1, 0.15) is 33.1 Å². The standard InChI is InChI=1S/C7H16N3O.C5H9N3O.C2H6/c1-10(8)9-7-3-2-5-11-6-4-7;1-8-4-5(3-6-8)7-9-2;1-2/h7H,2-6H2,1H3,(H2,8,9);3-4,7H,1-2H3;1-2H3/q+1;;/p+1. The lowest BCUT2D eigenvalue weighted by atomic mass is 10.1. The maximum atomic E-state index is 5.40. The molecule has 0 radical (unpaired) electrons. The van der Waals surface area contributed by atoms with Crippen LogP contribution >= 0.6 is 0 Å². The van der Waals surface area contributed by atoms with E-state index in [2.05, 4.69) is 10.2 Å². The van der Waals surface area contributed by atoms with Gasteiger partial charge in [0.25, 0.3) is 0 Å². The molecule has 8 heteroatoms. The second kappa shape index (κ2) is 13.2. The molecule has 1 aromatic heterocycles. The Balaban J connectivity index is 0.000000366. The number of ether oxygens (including phenoxy) is 1. The number of quaternary nitrogens is 1. The lowest BCUT2D eigenvalue weighted by molar-refractivity contribution is -0.830. The minimum atomic E-state index is 0.368. The van der Waals surface area contributed by atoms with Crippen molar-refractivity contribution in [2.75, 3.05) is 27.4 Å². The van der Waals surface area contributed by atoms with Crippen molar-refractivity contribution in [1.29, 1.82) is 0 Å². The van der Waals surface area contributed by atoms with Crippen molar-refractivity contribution in [2.45, 2.75) is 39.2 Å². The molecule has 22 heavy (non-hydrogen) atoms.